The van der Waals surface area contributed by atoms with Gasteiger partial charge in [-0.05, 0) is 57.1 Å². The third-order valence-electron chi connectivity index (χ3n) is 5.73. The molecule has 3 heterocycles. The summed E-state index contributed by atoms with van der Waals surface area (Å²) < 4.78 is 6.27. The van der Waals surface area contributed by atoms with Crippen molar-refractivity contribution in [1.82, 2.24) is 14.9 Å². The number of benzene rings is 2. The molecule has 0 saturated carbocycles. The average molecular weight is 500 g/mol. The highest BCUT2D eigenvalue weighted by atomic mass is 35.5. The van der Waals surface area contributed by atoms with Crippen LogP contribution < -0.4 is 14.9 Å². The van der Waals surface area contributed by atoms with E-state index in [0.29, 0.717) is 41.4 Å². The van der Waals surface area contributed by atoms with E-state index in [9.17, 15) is 0 Å². The van der Waals surface area contributed by atoms with Gasteiger partial charge in [0.25, 0.3) is 0 Å². The van der Waals surface area contributed by atoms with E-state index in [1.165, 1.54) is 6.33 Å². The number of anilines is 2. The summed E-state index contributed by atoms with van der Waals surface area (Å²) in [5.41, 5.74) is 2.35. The maximum Gasteiger partial charge on any atom is 0.196 e. The molecule has 0 aliphatic carbocycles. The van der Waals surface area contributed by atoms with Crippen molar-refractivity contribution in [3.05, 3.63) is 47.2 Å². The lowest BCUT2D eigenvalue weighted by Crippen LogP contribution is -2.32. The lowest BCUT2D eigenvalue weighted by atomic mass is 9.98. The summed E-state index contributed by atoms with van der Waals surface area (Å²) in [6.07, 6.45) is 3.82. The molecule has 0 spiro atoms. The first kappa shape index (κ1) is 24.6. The number of rotatable bonds is 5. The number of piperidine rings is 1. The van der Waals surface area contributed by atoms with Crippen molar-refractivity contribution in [2.24, 2.45) is 5.92 Å². The number of nitrogens with one attached hydrogen (secondary N) is 1. The molecule has 2 aliphatic rings. The molecule has 0 amide bonds. The molecule has 1 aromatic heterocycles. The largest absolute Gasteiger partial charge is 0.492 e. The molecule has 0 bridgehead atoms. The molecule has 1 N–H and O–H groups in total. The Morgan fingerprint density at radius 1 is 1.16 bits per heavy atom. The zero-order valence-corrected chi connectivity index (χ0v) is 19.9. The lowest BCUT2D eigenvalue weighted by molar-refractivity contribution is -0.194. The quantitative estimate of drug-likeness (QED) is 0.470. The average Bonchev–Trinajstić information content (AvgIpc) is 3.24. The molecule has 172 valence electrons. The van der Waals surface area contributed by atoms with Crippen molar-refractivity contribution in [3.8, 4) is 11.5 Å². The number of hydrogen-bond donors (Lipinski definition) is 1. The van der Waals surface area contributed by atoms with E-state index in [0.717, 1.165) is 48.1 Å². The minimum atomic E-state index is 0. The molecule has 32 heavy (non-hydrogen) atoms. The fraction of sp³-hybridized carbons (Fsp3) is 0.364. The van der Waals surface area contributed by atoms with Gasteiger partial charge < -0.3 is 19.8 Å². The number of nitrogens with zero attached hydrogens (tertiary/aromatic N) is 3. The second-order valence-electron chi connectivity index (χ2n) is 7.81. The third kappa shape index (κ3) is 4.97. The molecule has 7 nitrogen and oxygen atoms in total. The van der Waals surface area contributed by atoms with Gasteiger partial charge in [0.1, 0.15) is 30.2 Å². The normalized spacial score (nSPS) is 15.9. The molecule has 0 unspecified atom stereocenters. The van der Waals surface area contributed by atoms with Gasteiger partial charge in [-0.15, -0.1) is 24.8 Å². The second-order valence-corrected chi connectivity index (χ2v) is 8.22. The minimum Gasteiger partial charge on any atom is -0.492 e. The lowest BCUT2D eigenvalue weighted by Gasteiger charge is -2.28. The van der Waals surface area contributed by atoms with Gasteiger partial charge in [-0.2, -0.15) is 4.89 Å². The van der Waals surface area contributed by atoms with E-state index >= 15 is 0 Å². The molecular formula is C22H25Cl3N4O3. The fourth-order valence-corrected chi connectivity index (χ4v) is 4.12. The molecule has 1 saturated heterocycles. The molecule has 3 aromatic rings. The van der Waals surface area contributed by atoms with E-state index in [1.54, 1.807) is 0 Å². The van der Waals surface area contributed by atoms with Crippen LogP contribution in [-0.4, -0.2) is 41.6 Å². The van der Waals surface area contributed by atoms with Gasteiger partial charge in [0, 0.05) is 5.56 Å². The highest BCUT2D eigenvalue weighted by Crippen LogP contribution is 2.42. The van der Waals surface area contributed by atoms with Crippen LogP contribution in [0.25, 0.3) is 10.9 Å². The van der Waals surface area contributed by atoms with Crippen LogP contribution in [0, 0.1) is 5.92 Å². The van der Waals surface area contributed by atoms with Crippen LogP contribution in [0.2, 0.25) is 5.02 Å². The Morgan fingerprint density at radius 3 is 2.78 bits per heavy atom. The number of halogens is 3. The van der Waals surface area contributed by atoms with Gasteiger partial charge >= 0.3 is 0 Å². The third-order valence-corrected chi connectivity index (χ3v) is 6.04. The Balaban J connectivity index is 0.00000144. The highest BCUT2D eigenvalue weighted by Gasteiger charge is 2.23. The molecule has 1 fully saturated rings. The summed E-state index contributed by atoms with van der Waals surface area (Å²) >= 11 is 6.45. The summed E-state index contributed by atoms with van der Waals surface area (Å²) in [4.78, 5) is 21.7. The first-order valence-electron chi connectivity index (χ1n) is 10.1. The summed E-state index contributed by atoms with van der Waals surface area (Å²) in [6, 6.07) is 9.57. The van der Waals surface area contributed by atoms with Gasteiger partial charge in [0.2, 0.25) is 0 Å². The van der Waals surface area contributed by atoms with Crippen molar-refractivity contribution in [1.29, 1.82) is 0 Å². The summed E-state index contributed by atoms with van der Waals surface area (Å²) in [6.45, 7) is 3.29. The van der Waals surface area contributed by atoms with Gasteiger partial charge in [0.05, 0.1) is 22.5 Å². The molecular weight excluding hydrogens is 475 g/mol. The van der Waals surface area contributed by atoms with Gasteiger partial charge in [-0.1, -0.05) is 23.7 Å². The van der Waals surface area contributed by atoms with E-state index in [1.807, 2.05) is 30.3 Å². The predicted octanol–water partition coefficient (Wildman–Crippen LogP) is 5.42. The van der Waals surface area contributed by atoms with E-state index < -0.39 is 0 Å². The molecule has 0 atom stereocenters. The summed E-state index contributed by atoms with van der Waals surface area (Å²) in [5, 5.41) is 4.67. The number of aromatic nitrogens is 2. The van der Waals surface area contributed by atoms with Crippen molar-refractivity contribution in [2.75, 3.05) is 32.1 Å². The summed E-state index contributed by atoms with van der Waals surface area (Å²) in [7, 11) is 2.16. The van der Waals surface area contributed by atoms with Crippen molar-refractivity contribution < 1.29 is 14.5 Å². The molecule has 0 radical (unpaired) electrons. The first-order valence-corrected chi connectivity index (χ1v) is 10.5. The minimum absolute atomic E-state index is 0. The van der Waals surface area contributed by atoms with Gasteiger partial charge in [-0.25, -0.2) is 9.97 Å². The van der Waals surface area contributed by atoms with Gasteiger partial charge in [0.15, 0.2) is 5.75 Å². The summed E-state index contributed by atoms with van der Waals surface area (Å²) in [5.74, 6) is 2.51. The number of likely N-dealkylation sites (tertiary alicyclic amines) is 1. The van der Waals surface area contributed by atoms with Crippen LogP contribution in [-0.2, 0) is 11.5 Å². The number of ether oxygens (including phenoxy) is 1. The fourth-order valence-electron chi connectivity index (χ4n) is 3.93. The van der Waals surface area contributed by atoms with Crippen LogP contribution in [0.15, 0.2) is 36.7 Å². The standard InChI is InChI=1S/C22H23ClN4O3.2ClH/c1-27-9-7-14(8-10-27)11-28-18-4-2-3-17-19(18)22(25-13-24-17)26-20-16(23)6-5-15-12-29-30-21(15)20;;/h2-6,13-14H,7-12H2,1H3,(H,24,25,26);2*1H. The van der Waals surface area contributed by atoms with Crippen molar-refractivity contribution in [2.45, 2.75) is 19.4 Å². The molecule has 2 aromatic carbocycles. The Morgan fingerprint density at radius 2 is 1.97 bits per heavy atom. The topological polar surface area (TPSA) is 68.7 Å². The molecule has 5 rings (SSSR count). The van der Waals surface area contributed by atoms with Crippen LogP contribution in [0.1, 0.15) is 18.4 Å². The van der Waals surface area contributed by atoms with Crippen molar-refractivity contribution >= 4 is 58.8 Å². The Hall–Kier alpha value is -2.03. The highest BCUT2D eigenvalue weighted by molar-refractivity contribution is 6.33. The smallest absolute Gasteiger partial charge is 0.196 e. The predicted molar refractivity (Wildman–Crippen MR) is 130 cm³/mol. The SMILES string of the molecule is CN1CCC(COc2cccc3ncnc(Nc4c(Cl)ccc5c4OOC5)c23)CC1.Cl.Cl. The van der Waals surface area contributed by atoms with Crippen LogP contribution in [0.4, 0.5) is 11.5 Å². The zero-order valence-electron chi connectivity index (χ0n) is 17.5. The van der Waals surface area contributed by atoms with Crippen LogP contribution in [0.3, 0.4) is 0 Å². The monoisotopic (exact) mass is 498 g/mol. The number of fused-ring (bicyclic) bond motifs is 2. The maximum absolute atomic E-state index is 6.45. The van der Waals surface area contributed by atoms with E-state index in [4.69, 9.17) is 26.1 Å². The zero-order chi connectivity index (χ0) is 20.5. The second kappa shape index (κ2) is 10.7. The first-order chi connectivity index (χ1) is 14.7. The number of hydrogen-bond acceptors (Lipinski definition) is 7. The van der Waals surface area contributed by atoms with Gasteiger partial charge in [-0.3, -0.25) is 0 Å². The van der Waals surface area contributed by atoms with E-state index in [2.05, 4.69) is 27.2 Å². The molecule has 2 aliphatic heterocycles. The Bertz CT molecular complexity index is 1070. The van der Waals surface area contributed by atoms with E-state index in [-0.39, 0.29) is 24.8 Å². The molecule has 10 heteroatoms. The Labute approximate surface area is 204 Å². The van der Waals surface area contributed by atoms with Crippen LogP contribution >= 0.6 is 36.4 Å². The van der Waals surface area contributed by atoms with Crippen molar-refractivity contribution in [3.63, 3.8) is 0 Å². The Kier molecular flexibility index (Phi) is 8.25. The van der Waals surface area contributed by atoms with Crippen LogP contribution in [0.5, 0.6) is 11.5 Å². The maximum atomic E-state index is 6.45.